The second-order valence-corrected chi connectivity index (χ2v) is 21.9. The molecule has 1 aliphatic carbocycles. The van der Waals surface area contributed by atoms with Gasteiger partial charge in [0.05, 0.1) is 37.6 Å². The molecule has 4 N–H and O–H groups in total. The summed E-state index contributed by atoms with van der Waals surface area (Å²) in [7, 11) is 4.44. The number of hydrogen-bond donors (Lipinski definition) is 4. The van der Waals surface area contributed by atoms with E-state index in [4.69, 9.17) is 28.4 Å². The number of esters is 2. The van der Waals surface area contributed by atoms with Crippen LogP contribution in [-0.4, -0.2) is 156 Å². The summed E-state index contributed by atoms with van der Waals surface area (Å²) in [6.07, 6.45) is 9.81. The minimum atomic E-state index is -2.47. The van der Waals surface area contributed by atoms with Crippen molar-refractivity contribution >= 4 is 35.2 Å². The van der Waals surface area contributed by atoms with Crippen LogP contribution in [0.3, 0.4) is 0 Å². The number of cyclic esters (lactones) is 1. The summed E-state index contributed by atoms with van der Waals surface area (Å²) in [5, 5.41) is 43.1. The number of hydrogen-bond acceptors (Lipinski definition) is 16. The number of ether oxygens (including phenoxy) is 6. The van der Waals surface area contributed by atoms with Gasteiger partial charge in [-0.3, -0.25) is 24.0 Å². The third-order valence-corrected chi connectivity index (χ3v) is 15.9. The lowest BCUT2D eigenvalue weighted by atomic mass is 9.78. The third-order valence-electron chi connectivity index (χ3n) is 15.9. The quantitative estimate of drug-likeness (QED) is 0.151. The SMILES string of the molecule is CO[C@H]1C[C@@H]2CC[C@@H](C)[C@@](O)(O2)C(=O)C(=O)N2CCCC[C@H]2C(=O)O[C@H]([C@H](C)C[C@@H]2CC[C@@H](OC(=O)C(C)(CO)CO)[C@H](OC)C2)CC(=O)/C(C)=C/C(C)[C@@H](O)[C@@H](OC)C(=O)[C@H](C)C[C@H](C)C=CC=CC=C1C. The predicted octanol–water partition coefficient (Wildman–Crippen LogP) is 5.72. The van der Waals surface area contributed by atoms with E-state index >= 15 is 0 Å². The van der Waals surface area contributed by atoms with E-state index in [1.807, 2.05) is 51.2 Å². The van der Waals surface area contributed by atoms with Crippen molar-refractivity contribution < 1.29 is 77.6 Å². The molecule has 0 spiro atoms. The molecule has 0 aromatic heterocycles. The van der Waals surface area contributed by atoms with Gasteiger partial charge in [-0.15, -0.1) is 0 Å². The standard InChI is InChI=1S/C56H87NO16/c1-33-17-13-12-14-18-34(2)45(68-9)29-41-22-20-39(7)56(67,73-41)51(63)52(64)57-24-16-15-19-42(57)53(65)71-46(30-43(60)35(3)26-38(6)49(62)50(70-11)48(61)37(5)25-33)36(4)27-40-21-23-44(47(28-40)69-10)72-54(66)55(8,31-58)32-59/h12-14,17-18,26,33,36-42,44-47,49-50,58-59,62,67H,15-16,19-25,27-32H2,1-11H3/b14-12?,17-13?,34-18?,35-26+/t33-,36-,37-,38?,39-,40+,41+,42+,44-,45+,46+,47-,49-,50+,56-/m1/s1. The summed E-state index contributed by atoms with van der Waals surface area (Å²) in [5.74, 6) is -9.33. The first-order valence-electron chi connectivity index (χ1n) is 26.4. The number of carbonyl (C=O) groups excluding carboxylic acids is 6. The maximum Gasteiger partial charge on any atom is 0.329 e. The number of nitrogens with zero attached hydrogens (tertiary/aromatic N) is 1. The average molecular weight is 1030 g/mol. The summed E-state index contributed by atoms with van der Waals surface area (Å²) in [6.45, 7) is 12.7. The molecule has 2 bridgehead atoms. The minimum Gasteiger partial charge on any atom is -0.460 e. The Morgan fingerprint density at radius 3 is 2.22 bits per heavy atom. The van der Waals surface area contributed by atoms with Gasteiger partial charge in [-0.1, -0.05) is 71.1 Å². The topological polar surface area (TPSA) is 242 Å². The zero-order chi connectivity index (χ0) is 54.4. The van der Waals surface area contributed by atoms with E-state index < -0.39 is 120 Å². The fraction of sp³-hybridized carbons (Fsp3) is 0.750. The number of amides is 1. The van der Waals surface area contributed by atoms with Crippen LogP contribution in [0.1, 0.15) is 132 Å². The van der Waals surface area contributed by atoms with Crippen LogP contribution in [-0.2, 0) is 57.2 Å². The van der Waals surface area contributed by atoms with E-state index in [2.05, 4.69) is 0 Å². The van der Waals surface area contributed by atoms with Crippen molar-refractivity contribution in [1.82, 2.24) is 4.90 Å². The van der Waals surface area contributed by atoms with Gasteiger partial charge in [0.2, 0.25) is 5.79 Å². The molecule has 17 nitrogen and oxygen atoms in total. The Morgan fingerprint density at radius 1 is 0.877 bits per heavy atom. The maximum atomic E-state index is 14.5. The Labute approximate surface area is 433 Å². The van der Waals surface area contributed by atoms with E-state index in [1.165, 1.54) is 21.1 Å². The smallest absolute Gasteiger partial charge is 0.329 e. The Bertz CT molecular complexity index is 2010. The molecule has 3 fully saturated rings. The molecule has 0 aromatic carbocycles. The monoisotopic (exact) mass is 1030 g/mol. The highest BCUT2D eigenvalue weighted by atomic mass is 16.6. The van der Waals surface area contributed by atoms with E-state index in [-0.39, 0.29) is 48.4 Å². The molecule has 1 amide bonds. The van der Waals surface area contributed by atoms with E-state index in [9.17, 15) is 49.2 Å². The molecule has 17 heteroatoms. The molecule has 412 valence electrons. The lowest BCUT2D eigenvalue weighted by molar-refractivity contribution is -0.265. The second kappa shape index (κ2) is 28.3. The van der Waals surface area contributed by atoms with Gasteiger partial charge >= 0.3 is 11.9 Å². The highest BCUT2D eigenvalue weighted by Gasteiger charge is 2.53. The number of aliphatic hydroxyl groups is 4. The number of Topliss-reactive ketones (excluding diaryl/α,β-unsaturated/α-hetero) is 3. The average Bonchev–Trinajstić information content (AvgIpc) is 3.37. The van der Waals surface area contributed by atoms with E-state index in [0.29, 0.717) is 64.2 Å². The number of aliphatic hydroxyl groups excluding tert-OH is 3. The van der Waals surface area contributed by atoms with Crippen molar-refractivity contribution in [1.29, 1.82) is 0 Å². The number of allylic oxidation sites excluding steroid dienone is 6. The summed E-state index contributed by atoms with van der Waals surface area (Å²) < 4.78 is 35.4. The van der Waals surface area contributed by atoms with E-state index in [1.54, 1.807) is 40.9 Å². The van der Waals surface area contributed by atoms with Gasteiger partial charge in [0.15, 0.2) is 11.6 Å². The lowest BCUT2D eigenvalue weighted by Crippen LogP contribution is -2.61. The zero-order valence-corrected chi connectivity index (χ0v) is 45.3. The largest absolute Gasteiger partial charge is 0.460 e. The molecule has 73 heavy (non-hydrogen) atoms. The van der Waals surface area contributed by atoms with E-state index in [0.717, 1.165) is 10.5 Å². The molecule has 0 aromatic rings. The number of piperidine rings is 1. The fourth-order valence-corrected chi connectivity index (χ4v) is 10.7. The second-order valence-electron chi connectivity index (χ2n) is 21.9. The van der Waals surface area contributed by atoms with Gasteiger partial charge in [-0.25, -0.2) is 4.79 Å². The molecule has 3 heterocycles. The Balaban J connectivity index is 1.69. The van der Waals surface area contributed by atoms with Gasteiger partial charge in [0.1, 0.15) is 29.8 Å². The summed E-state index contributed by atoms with van der Waals surface area (Å²) in [4.78, 5) is 85.4. The number of ketones is 3. The van der Waals surface area contributed by atoms with Gasteiger partial charge in [0.25, 0.3) is 11.7 Å². The number of carbonyl (C=O) groups is 6. The molecule has 0 radical (unpaired) electrons. The first-order valence-corrected chi connectivity index (χ1v) is 26.4. The highest BCUT2D eigenvalue weighted by Crippen LogP contribution is 2.38. The summed E-state index contributed by atoms with van der Waals surface area (Å²) in [5.41, 5.74) is -0.363. The van der Waals surface area contributed by atoms with Gasteiger partial charge < -0.3 is 53.7 Å². The Morgan fingerprint density at radius 2 is 1.58 bits per heavy atom. The van der Waals surface area contributed by atoms with Crippen LogP contribution in [0, 0.1) is 40.9 Å². The number of methoxy groups -OCH3 is 3. The van der Waals surface area contributed by atoms with Crippen molar-refractivity contribution in [3.8, 4) is 0 Å². The molecule has 4 aliphatic rings. The Kier molecular flexibility index (Phi) is 23.9. The van der Waals surface area contributed by atoms with Crippen LogP contribution in [0.4, 0.5) is 0 Å². The first kappa shape index (κ1) is 61.6. The molecule has 1 unspecified atom stereocenters. The fourth-order valence-electron chi connectivity index (χ4n) is 10.7. The summed E-state index contributed by atoms with van der Waals surface area (Å²) in [6, 6.07) is -1.20. The molecule has 3 aliphatic heterocycles. The zero-order valence-electron chi connectivity index (χ0n) is 45.3. The Hall–Kier alpha value is -3.94. The highest BCUT2D eigenvalue weighted by molar-refractivity contribution is 6.39. The van der Waals surface area contributed by atoms with Gasteiger partial charge in [-0.05, 0) is 114 Å². The van der Waals surface area contributed by atoms with Crippen LogP contribution in [0.25, 0.3) is 0 Å². The van der Waals surface area contributed by atoms with Gasteiger partial charge in [0, 0.05) is 58.5 Å². The van der Waals surface area contributed by atoms with Crippen molar-refractivity contribution in [2.75, 3.05) is 41.1 Å². The van der Waals surface area contributed by atoms with Crippen LogP contribution in [0.15, 0.2) is 47.6 Å². The molecule has 15 atom stereocenters. The number of fused-ring (bicyclic) bond motifs is 3. The molecule has 2 saturated heterocycles. The molecular formula is C56H87NO16. The predicted molar refractivity (Wildman–Crippen MR) is 271 cm³/mol. The maximum absolute atomic E-state index is 14.5. The van der Waals surface area contributed by atoms with Crippen molar-refractivity contribution in [2.24, 2.45) is 40.9 Å². The third kappa shape index (κ3) is 16.0. The van der Waals surface area contributed by atoms with Crippen LogP contribution in [0.2, 0.25) is 0 Å². The van der Waals surface area contributed by atoms with Crippen LogP contribution < -0.4 is 0 Å². The molecule has 1 saturated carbocycles. The van der Waals surface area contributed by atoms with Crippen molar-refractivity contribution in [3.05, 3.63) is 47.6 Å². The molecular weight excluding hydrogens is 943 g/mol. The van der Waals surface area contributed by atoms with Crippen LogP contribution in [0.5, 0.6) is 0 Å². The first-order chi connectivity index (χ1) is 34.5. The van der Waals surface area contributed by atoms with Crippen LogP contribution >= 0.6 is 0 Å². The minimum absolute atomic E-state index is 0.00428. The van der Waals surface area contributed by atoms with Gasteiger partial charge in [-0.2, -0.15) is 0 Å². The normalized spacial score (nSPS) is 35.8. The van der Waals surface area contributed by atoms with Crippen molar-refractivity contribution in [3.63, 3.8) is 0 Å². The molecule has 4 rings (SSSR count). The summed E-state index contributed by atoms with van der Waals surface area (Å²) >= 11 is 0. The lowest BCUT2D eigenvalue weighted by Gasteiger charge is -2.42. The van der Waals surface area contributed by atoms with Crippen molar-refractivity contribution in [2.45, 2.75) is 187 Å². The number of rotatable bonds is 10.